The molecular weight excluding hydrogens is 306 g/mol. The van der Waals surface area contributed by atoms with Gasteiger partial charge in [0, 0.05) is 17.9 Å². The molecule has 1 N–H and O–H groups in total. The summed E-state index contributed by atoms with van der Waals surface area (Å²) in [5.41, 5.74) is 1.70. The average molecular weight is 324 g/mol. The zero-order chi connectivity index (χ0) is 13.1. The second-order valence-corrected chi connectivity index (χ2v) is 5.77. The van der Waals surface area contributed by atoms with Gasteiger partial charge in [0.1, 0.15) is 11.8 Å². The lowest BCUT2D eigenvalue weighted by atomic mass is 9.94. The molecule has 0 bridgehead atoms. The number of aromatic amines is 1. The molecule has 0 atom stereocenters. The predicted octanol–water partition coefficient (Wildman–Crippen LogP) is 2.89. The highest BCUT2D eigenvalue weighted by Gasteiger charge is 2.24. The van der Waals surface area contributed by atoms with Crippen molar-refractivity contribution in [1.29, 1.82) is 0 Å². The molecule has 0 aliphatic heterocycles. The topological polar surface area (TPSA) is 57.7 Å². The maximum atomic E-state index is 4.50. The molecule has 0 unspecified atom stereocenters. The quantitative estimate of drug-likeness (QED) is 0.879. The normalized spacial score (nSPS) is 16.9. The van der Waals surface area contributed by atoms with Crippen molar-refractivity contribution >= 4 is 32.9 Å². The largest absolute Gasteiger partial charge is 0.351 e. The van der Waals surface area contributed by atoms with E-state index in [4.69, 9.17) is 0 Å². The van der Waals surface area contributed by atoms with Gasteiger partial charge in [-0.1, -0.05) is 35.2 Å². The maximum Gasteiger partial charge on any atom is 0.182 e. The Morgan fingerprint density at radius 3 is 2.84 bits per heavy atom. The molecule has 2 aromatic rings. The minimum Gasteiger partial charge on any atom is -0.351 e. The van der Waals surface area contributed by atoms with Crippen molar-refractivity contribution in [2.24, 2.45) is 0 Å². The van der Waals surface area contributed by atoms with Crippen LogP contribution in [0.15, 0.2) is 12.7 Å². The first-order valence-electron chi connectivity index (χ1n) is 6.87. The number of hydrogen-bond donors (Lipinski definition) is 1. The van der Waals surface area contributed by atoms with E-state index in [0.29, 0.717) is 6.04 Å². The third kappa shape index (κ3) is 2.59. The van der Waals surface area contributed by atoms with E-state index >= 15 is 0 Å². The fraction of sp³-hybridized carbons (Fsp3) is 0.615. The second-order valence-electron chi connectivity index (χ2n) is 4.97. The number of aromatic nitrogens is 4. The molecule has 1 saturated carbocycles. The lowest BCUT2D eigenvalue weighted by Gasteiger charge is -2.35. The van der Waals surface area contributed by atoms with Crippen LogP contribution in [0.2, 0.25) is 0 Å². The number of halogens is 1. The van der Waals surface area contributed by atoms with E-state index in [1.54, 1.807) is 12.7 Å². The van der Waals surface area contributed by atoms with Crippen LogP contribution in [0.25, 0.3) is 11.2 Å². The van der Waals surface area contributed by atoms with Crippen LogP contribution in [0.1, 0.15) is 32.1 Å². The van der Waals surface area contributed by atoms with Crippen LogP contribution >= 0.6 is 15.9 Å². The number of H-pyrrole nitrogens is 1. The maximum absolute atomic E-state index is 4.50. The summed E-state index contributed by atoms with van der Waals surface area (Å²) in [6.45, 7) is 0.968. The summed E-state index contributed by atoms with van der Waals surface area (Å²) >= 11 is 3.56. The fourth-order valence-electron chi connectivity index (χ4n) is 2.92. The summed E-state index contributed by atoms with van der Waals surface area (Å²) in [6.07, 6.45) is 9.82. The first-order chi connectivity index (χ1) is 9.40. The summed E-state index contributed by atoms with van der Waals surface area (Å²) in [7, 11) is 0. The summed E-state index contributed by atoms with van der Waals surface area (Å²) in [5.74, 6) is 0.994. The summed E-state index contributed by atoms with van der Waals surface area (Å²) < 4.78 is 0. The van der Waals surface area contributed by atoms with Gasteiger partial charge in [0.2, 0.25) is 0 Å². The molecule has 5 nitrogen and oxygen atoms in total. The Morgan fingerprint density at radius 2 is 2.05 bits per heavy atom. The van der Waals surface area contributed by atoms with E-state index in [1.807, 2.05) is 0 Å². The number of rotatable bonds is 4. The minimum atomic E-state index is 0.590. The van der Waals surface area contributed by atoms with Crippen LogP contribution in [-0.2, 0) is 0 Å². The SMILES string of the molecule is BrCCN(c1ncnc2nc[nH]c12)C1CCCCC1. The Kier molecular flexibility index (Phi) is 3.96. The Labute approximate surface area is 121 Å². The van der Waals surface area contributed by atoms with Crippen molar-refractivity contribution in [3.05, 3.63) is 12.7 Å². The molecule has 6 heteroatoms. The number of fused-ring (bicyclic) bond motifs is 1. The Hall–Kier alpha value is -1.17. The van der Waals surface area contributed by atoms with Crippen molar-refractivity contribution in [2.45, 2.75) is 38.1 Å². The van der Waals surface area contributed by atoms with Gasteiger partial charge in [-0.3, -0.25) is 0 Å². The van der Waals surface area contributed by atoms with Gasteiger partial charge in [-0.15, -0.1) is 0 Å². The molecule has 1 aliphatic rings. The van der Waals surface area contributed by atoms with E-state index in [-0.39, 0.29) is 0 Å². The van der Waals surface area contributed by atoms with Crippen molar-refractivity contribution < 1.29 is 0 Å². The zero-order valence-corrected chi connectivity index (χ0v) is 12.4. The van der Waals surface area contributed by atoms with Crippen LogP contribution in [0.3, 0.4) is 0 Å². The van der Waals surface area contributed by atoms with Crippen LogP contribution in [-0.4, -0.2) is 37.9 Å². The molecular formula is C13H18BrN5. The number of nitrogens with zero attached hydrogens (tertiary/aromatic N) is 4. The molecule has 1 fully saturated rings. The van der Waals surface area contributed by atoms with Gasteiger partial charge in [0.25, 0.3) is 0 Å². The van der Waals surface area contributed by atoms with Crippen molar-refractivity contribution in [1.82, 2.24) is 19.9 Å². The Morgan fingerprint density at radius 1 is 1.21 bits per heavy atom. The van der Waals surface area contributed by atoms with E-state index in [2.05, 4.69) is 40.8 Å². The number of imidazole rings is 1. The Balaban J connectivity index is 1.96. The summed E-state index contributed by atoms with van der Waals surface area (Å²) in [6, 6.07) is 0.590. The molecule has 0 aromatic carbocycles. The second kappa shape index (κ2) is 5.86. The van der Waals surface area contributed by atoms with Gasteiger partial charge in [-0.25, -0.2) is 15.0 Å². The lowest BCUT2D eigenvalue weighted by Crippen LogP contribution is -2.39. The Bertz CT molecular complexity index is 535. The number of hydrogen-bond acceptors (Lipinski definition) is 4. The van der Waals surface area contributed by atoms with Crippen molar-refractivity contribution in [2.75, 3.05) is 16.8 Å². The van der Waals surface area contributed by atoms with E-state index < -0.39 is 0 Å². The van der Waals surface area contributed by atoms with Gasteiger partial charge < -0.3 is 9.88 Å². The minimum absolute atomic E-state index is 0.590. The van der Waals surface area contributed by atoms with Crippen LogP contribution in [0.4, 0.5) is 5.82 Å². The average Bonchev–Trinajstić information content (AvgIpc) is 2.94. The van der Waals surface area contributed by atoms with Gasteiger partial charge >= 0.3 is 0 Å². The van der Waals surface area contributed by atoms with Crippen LogP contribution in [0, 0.1) is 0 Å². The molecule has 19 heavy (non-hydrogen) atoms. The molecule has 1 aliphatic carbocycles. The van der Waals surface area contributed by atoms with Gasteiger partial charge in [0.15, 0.2) is 11.5 Å². The molecule has 0 saturated heterocycles. The van der Waals surface area contributed by atoms with Gasteiger partial charge in [-0.2, -0.15) is 0 Å². The first-order valence-corrected chi connectivity index (χ1v) is 7.99. The highest BCUT2D eigenvalue weighted by molar-refractivity contribution is 9.09. The lowest BCUT2D eigenvalue weighted by molar-refractivity contribution is 0.417. The van der Waals surface area contributed by atoms with Crippen molar-refractivity contribution in [3.63, 3.8) is 0 Å². The smallest absolute Gasteiger partial charge is 0.182 e. The van der Waals surface area contributed by atoms with Crippen LogP contribution in [0.5, 0.6) is 0 Å². The number of alkyl halides is 1. The predicted molar refractivity (Wildman–Crippen MR) is 79.7 cm³/mol. The number of anilines is 1. The fourth-order valence-corrected chi connectivity index (χ4v) is 3.30. The highest BCUT2D eigenvalue weighted by atomic mass is 79.9. The molecule has 0 amide bonds. The monoisotopic (exact) mass is 323 g/mol. The molecule has 102 valence electrons. The number of nitrogens with one attached hydrogen (secondary N) is 1. The van der Waals surface area contributed by atoms with Gasteiger partial charge in [0.05, 0.1) is 6.33 Å². The molecule has 0 radical (unpaired) electrons. The van der Waals surface area contributed by atoms with Crippen molar-refractivity contribution in [3.8, 4) is 0 Å². The summed E-state index contributed by atoms with van der Waals surface area (Å²) in [5, 5.41) is 0.948. The van der Waals surface area contributed by atoms with Gasteiger partial charge in [-0.05, 0) is 12.8 Å². The third-order valence-corrected chi connectivity index (χ3v) is 4.17. The molecule has 0 spiro atoms. The zero-order valence-electron chi connectivity index (χ0n) is 10.8. The van der Waals surface area contributed by atoms with E-state index in [9.17, 15) is 0 Å². The summed E-state index contributed by atoms with van der Waals surface area (Å²) in [4.78, 5) is 18.5. The first kappa shape index (κ1) is 12.8. The highest BCUT2D eigenvalue weighted by Crippen LogP contribution is 2.29. The molecule has 3 rings (SSSR count). The standard InChI is InChI=1S/C13H18BrN5/c14-6-7-19(10-4-2-1-3-5-10)13-11-12(16-8-15-11)17-9-18-13/h8-10H,1-7H2,(H,15,16,17,18). The molecule has 2 heterocycles. The van der Waals surface area contributed by atoms with E-state index in [0.717, 1.165) is 28.9 Å². The van der Waals surface area contributed by atoms with Crippen LogP contribution < -0.4 is 4.90 Å². The third-order valence-electron chi connectivity index (χ3n) is 3.82. The van der Waals surface area contributed by atoms with E-state index in [1.165, 1.54) is 32.1 Å². The molecule has 2 aromatic heterocycles.